The van der Waals surface area contributed by atoms with E-state index in [1.807, 2.05) is 0 Å². The topological polar surface area (TPSA) is 64.0 Å². The number of hydrogen-bond acceptors (Lipinski definition) is 4. The molecule has 3 aromatic rings. The number of aryl methyl sites for hydroxylation is 2. The van der Waals surface area contributed by atoms with Crippen LogP contribution in [0.15, 0.2) is 40.5 Å². The largest absolute Gasteiger partial charge is 0.315 e. The molecule has 0 fully saturated rings. The number of amides is 1. The van der Waals surface area contributed by atoms with Crippen LogP contribution in [0.5, 0.6) is 0 Å². The summed E-state index contributed by atoms with van der Waals surface area (Å²) in [6, 6.07) is 7.94. The first-order valence-electron chi connectivity index (χ1n) is 7.57. The van der Waals surface area contributed by atoms with Crippen LogP contribution in [0.25, 0.3) is 11.3 Å². The van der Waals surface area contributed by atoms with Gasteiger partial charge in [-0.25, -0.2) is 9.37 Å². The quantitative estimate of drug-likeness (QED) is 0.780. The molecule has 25 heavy (non-hydrogen) atoms. The summed E-state index contributed by atoms with van der Waals surface area (Å²) in [4.78, 5) is 28.8. The third kappa shape index (κ3) is 3.36. The Kier molecular flexibility index (Phi) is 4.50. The number of rotatable bonds is 3. The van der Waals surface area contributed by atoms with Gasteiger partial charge in [0.15, 0.2) is 5.13 Å². The van der Waals surface area contributed by atoms with E-state index in [9.17, 15) is 14.0 Å². The molecule has 0 bridgehead atoms. The zero-order valence-electron chi connectivity index (χ0n) is 14.0. The number of halogens is 1. The lowest BCUT2D eigenvalue weighted by Gasteiger charge is -2.06. The Morgan fingerprint density at radius 1 is 1.24 bits per heavy atom. The highest BCUT2D eigenvalue weighted by atomic mass is 32.1. The molecule has 5 nitrogen and oxygen atoms in total. The van der Waals surface area contributed by atoms with E-state index in [-0.39, 0.29) is 16.9 Å². The molecule has 2 aromatic heterocycles. The van der Waals surface area contributed by atoms with E-state index in [1.54, 1.807) is 44.5 Å². The number of thiazole rings is 1. The number of pyridine rings is 1. The number of carbonyl (C=O) groups is 1. The minimum atomic E-state index is -0.503. The van der Waals surface area contributed by atoms with Crippen molar-refractivity contribution in [3.05, 3.63) is 68.7 Å². The third-order valence-corrected chi connectivity index (χ3v) is 4.74. The average molecular weight is 357 g/mol. The van der Waals surface area contributed by atoms with E-state index in [0.717, 1.165) is 11.3 Å². The molecule has 2 heterocycles. The lowest BCUT2D eigenvalue weighted by Crippen LogP contribution is -2.28. The van der Waals surface area contributed by atoms with Crippen LogP contribution in [0, 0.1) is 19.7 Å². The van der Waals surface area contributed by atoms with Gasteiger partial charge in [-0.15, -0.1) is 11.3 Å². The van der Waals surface area contributed by atoms with Gasteiger partial charge in [0.25, 0.3) is 11.5 Å². The molecular weight excluding hydrogens is 341 g/mol. The molecule has 1 amide bonds. The maximum Gasteiger partial charge on any atom is 0.263 e. The monoisotopic (exact) mass is 357 g/mol. The summed E-state index contributed by atoms with van der Waals surface area (Å²) < 4.78 is 14.8. The van der Waals surface area contributed by atoms with Gasteiger partial charge in [-0.05, 0) is 49.7 Å². The second-order valence-electron chi connectivity index (χ2n) is 5.71. The maximum atomic E-state index is 13.4. The fraction of sp³-hybridized carbons (Fsp3) is 0.167. The molecule has 0 aliphatic rings. The second kappa shape index (κ2) is 6.60. The second-order valence-corrected chi connectivity index (χ2v) is 6.57. The molecule has 0 unspecified atom stereocenters. The Hall–Kier alpha value is -2.80. The van der Waals surface area contributed by atoms with Gasteiger partial charge in [0.2, 0.25) is 0 Å². The molecule has 1 aromatic carbocycles. The number of aromatic nitrogens is 2. The van der Waals surface area contributed by atoms with Gasteiger partial charge in [-0.1, -0.05) is 0 Å². The Morgan fingerprint density at radius 2 is 2.00 bits per heavy atom. The fourth-order valence-electron chi connectivity index (χ4n) is 2.33. The number of nitrogens with zero attached hydrogens (tertiary/aromatic N) is 2. The lowest BCUT2D eigenvalue weighted by molar-refractivity contribution is 0.102. The van der Waals surface area contributed by atoms with E-state index in [1.165, 1.54) is 28.0 Å². The molecule has 0 radical (unpaired) electrons. The molecule has 0 aliphatic heterocycles. The summed E-state index contributed by atoms with van der Waals surface area (Å²) >= 11 is 1.24. The predicted octanol–water partition coefficient (Wildman–Crippen LogP) is 3.52. The van der Waals surface area contributed by atoms with Crippen LogP contribution in [-0.2, 0) is 7.05 Å². The molecular formula is C18H16FN3O2S. The Bertz CT molecular complexity index is 1020. The van der Waals surface area contributed by atoms with Crippen molar-refractivity contribution in [3.63, 3.8) is 0 Å². The Morgan fingerprint density at radius 3 is 2.72 bits per heavy atom. The first-order valence-corrected chi connectivity index (χ1v) is 8.45. The molecule has 0 saturated heterocycles. The predicted molar refractivity (Wildman–Crippen MR) is 96.6 cm³/mol. The fourth-order valence-corrected chi connectivity index (χ4v) is 3.05. The van der Waals surface area contributed by atoms with Crippen molar-refractivity contribution in [3.8, 4) is 11.3 Å². The number of nitrogens with one attached hydrogen (secondary N) is 1. The molecule has 0 atom stereocenters. The number of benzene rings is 1. The van der Waals surface area contributed by atoms with Crippen LogP contribution < -0.4 is 10.9 Å². The first kappa shape index (κ1) is 17.0. The minimum absolute atomic E-state index is 0.0578. The third-order valence-electron chi connectivity index (χ3n) is 3.98. The van der Waals surface area contributed by atoms with Gasteiger partial charge in [0.1, 0.15) is 11.4 Å². The van der Waals surface area contributed by atoms with Gasteiger partial charge in [-0.3, -0.25) is 14.9 Å². The standard InChI is InChI=1S/C18H16FN3O2S/c1-10-8-12(5-7-14(10)19)15-9-25-18(20-15)21-16(23)13-6-4-11(2)22(3)17(13)24/h4-9H,1-3H3,(H,20,21,23). The number of anilines is 1. The van der Waals surface area contributed by atoms with Crippen LogP contribution >= 0.6 is 11.3 Å². The highest BCUT2D eigenvalue weighted by Gasteiger charge is 2.15. The normalized spacial score (nSPS) is 10.7. The molecule has 3 rings (SSSR count). The minimum Gasteiger partial charge on any atom is -0.315 e. The smallest absolute Gasteiger partial charge is 0.263 e. The van der Waals surface area contributed by atoms with E-state index in [4.69, 9.17) is 0 Å². The Balaban J connectivity index is 1.84. The molecule has 128 valence electrons. The van der Waals surface area contributed by atoms with Gasteiger partial charge in [0, 0.05) is 23.7 Å². The zero-order valence-corrected chi connectivity index (χ0v) is 14.8. The molecule has 0 aliphatic carbocycles. The summed E-state index contributed by atoms with van der Waals surface area (Å²) in [5.74, 6) is -0.778. The van der Waals surface area contributed by atoms with E-state index in [2.05, 4.69) is 10.3 Å². The maximum absolute atomic E-state index is 13.4. The van der Waals surface area contributed by atoms with Crippen molar-refractivity contribution in [1.82, 2.24) is 9.55 Å². The van der Waals surface area contributed by atoms with Crippen molar-refractivity contribution in [2.75, 3.05) is 5.32 Å². The Labute approximate surface area is 147 Å². The summed E-state index contributed by atoms with van der Waals surface area (Å²) in [7, 11) is 1.62. The van der Waals surface area contributed by atoms with E-state index >= 15 is 0 Å². The molecule has 0 saturated carbocycles. The first-order chi connectivity index (χ1) is 11.9. The highest BCUT2D eigenvalue weighted by molar-refractivity contribution is 7.14. The van der Waals surface area contributed by atoms with Crippen LogP contribution in [0.2, 0.25) is 0 Å². The van der Waals surface area contributed by atoms with Crippen LogP contribution in [0.3, 0.4) is 0 Å². The van der Waals surface area contributed by atoms with Crippen LogP contribution in [0.4, 0.5) is 9.52 Å². The van der Waals surface area contributed by atoms with Crippen molar-refractivity contribution in [2.24, 2.45) is 7.05 Å². The van der Waals surface area contributed by atoms with Crippen molar-refractivity contribution < 1.29 is 9.18 Å². The van der Waals surface area contributed by atoms with E-state index < -0.39 is 5.91 Å². The summed E-state index contributed by atoms with van der Waals surface area (Å²) in [5, 5.41) is 4.80. The summed E-state index contributed by atoms with van der Waals surface area (Å²) in [5.41, 5.74) is 2.40. The molecule has 0 spiro atoms. The highest BCUT2D eigenvalue weighted by Crippen LogP contribution is 2.26. The SMILES string of the molecule is Cc1cc(-c2csc(NC(=O)c3ccc(C)n(C)c3=O)n2)ccc1F. The van der Waals surface area contributed by atoms with Crippen LogP contribution in [0.1, 0.15) is 21.6 Å². The average Bonchev–Trinajstić information content (AvgIpc) is 3.03. The van der Waals surface area contributed by atoms with Gasteiger partial charge < -0.3 is 4.57 Å². The lowest BCUT2D eigenvalue weighted by atomic mass is 10.1. The zero-order chi connectivity index (χ0) is 18.1. The van der Waals surface area contributed by atoms with Crippen molar-refractivity contribution >= 4 is 22.4 Å². The van der Waals surface area contributed by atoms with Gasteiger partial charge >= 0.3 is 0 Å². The summed E-state index contributed by atoms with van der Waals surface area (Å²) in [6.07, 6.45) is 0. The summed E-state index contributed by atoms with van der Waals surface area (Å²) in [6.45, 7) is 3.47. The van der Waals surface area contributed by atoms with Gasteiger partial charge in [-0.2, -0.15) is 0 Å². The molecule has 1 N–H and O–H groups in total. The number of hydrogen-bond donors (Lipinski definition) is 1. The van der Waals surface area contributed by atoms with Crippen molar-refractivity contribution in [2.45, 2.75) is 13.8 Å². The van der Waals surface area contributed by atoms with E-state index in [0.29, 0.717) is 16.4 Å². The van der Waals surface area contributed by atoms with Gasteiger partial charge in [0.05, 0.1) is 5.69 Å². The molecule has 7 heteroatoms. The van der Waals surface area contributed by atoms with Crippen molar-refractivity contribution in [1.29, 1.82) is 0 Å². The number of carbonyl (C=O) groups excluding carboxylic acids is 1. The van der Waals surface area contributed by atoms with Crippen LogP contribution in [-0.4, -0.2) is 15.5 Å².